The Morgan fingerprint density at radius 3 is 2.09 bits per heavy atom. The maximum atomic E-state index is 14.3. The lowest BCUT2D eigenvalue weighted by Gasteiger charge is -2.57. The van der Waals surface area contributed by atoms with E-state index in [2.05, 4.69) is 0 Å². The maximum absolute atomic E-state index is 14.3. The Balaban J connectivity index is 3.07. The molecule has 0 heterocycles. The maximum Gasteiger partial charge on any atom is 0.184 e. The first-order valence-electron chi connectivity index (χ1n) is 11.2. The van der Waals surface area contributed by atoms with Crippen LogP contribution in [0, 0.1) is 22.2 Å². The van der Waals surface area contributed by atoms with Gasteiger partial charge in [0.25, 0.3) is 0 Å². The molecule has 1 fully saturated rings. The van der Waals surface area contributed by atoms with Crippen molar-refractivity contribution in [3.05, 3.63) is 46.3 Å². The molecular formula is C27H36O5. The predicted octanol–water partition coefficient (Wildman–Crippen LogP) is 5.42. The average molecular weight is 441 g/mol. The second kappa shape index (κ2) is 8.76. The monoisotopic (exact) mass is 440 g/mol. The lowest BCUT2D eigenvalue weighted by molar-refractivity contribution is -0.167. The highest BCUT2D eigenvalue weighted by Gasteiger charge is 2.74. The standard InChI is InChI=1S/C27H36O5/c1-16(2)9-10-20-22(30)26(13-11-17(3)4)15-19(12-14-28)25(7,8)27(23(20)31,24(26)32)21(29)18(5)6/h9,11-12,14,18,30H,10,13,15H2,1-8H3/b19-12-/t26-,27+/m0/s1. The molecule has 2 atom stereocenters. The van der Waals surface area contributed by atoms with E-state index in [-0.39, 0.29) is 30.6 Å². The van der Waals surface area contributed by atoms with E-state index in [4.69, 9.17) is 0 Å². The second-order valence-electron chi connectivity index (χ2n) is 10.4. The van der Waals surface area contributed by atoms with Crippen molar-refractivity contribution in [1.82, 2.24) is 0 Å². The van der Waals surface area contributed by atoms with Gasteiger partial charge < -0.3 is 5.11 Å². The predicted molar refractivity (Wildman–Crippen MR) is 125 cm³/mol. The first-order valence-corrected chi connectivity index (χ1v) is 11.2. The van der Waals surface area contributed by atoms with Gasteiger partial charge in [0, 0.05) is 16.9 Å². The van der Waals surface area contributed by atoms with Gasteiger partial charge in [0.2, 0.25) is 0 Å². The number of allylic oxidation sites excluding steroid dienone is 8. The van der Waals surface area contributed by atoms with Gasteiger partial charge in [-0.3, -0.25) is 19.2 Å². The Bertz CT molecular complexity index is 978. The summed E-state index contributed by atoms with van der Waals surface area (Å²) in [5, 5.41) is 11.4. The van der Waals surface area contributed by atoms with Gasteiger partial charge in [0.15, 0.2) is 22.8 Å². The summed E-state index contributed by atoms with van der Waals surface area (Å²) in [4.78, 5) is 53.7. The molecule has 2 rings (SSSR count). The number of ketones is 3. The molecular weight excluding hydrogens is 404 g/mol. The number of carbonyl (C=O) groups excluding carboxylic acids is 4. The van der Waals surface area contributed by atoms with E-state index >= 15 is 0 Å². The lowest BCUT2D eigenvalue weighted by atomic mass is 9.41. The van der Waals surface area contributed by atoms with Gasteiger partial charge in [-0.05, 0) is 53.0 Å². The van der Waals surface area contributed by atoms with Crippen LogP contribution in [0.2, 0.25) is 0 Å². The van der Waals surface area contributed by atoms with Crippen LogP contribution in [0.15, 0.2) is 46.3 Å². The topological polar surface area (TPSA) is 88.5 Å². The van der Waals surface area contributed by atoms with E-state index in [1.54, 1.807) is 27.7 Å². The van der Waals surface area contributed by atoms with E-state index in [1.165, 1.54) is 6.08 Å². The third kappa shape index (κ3) is 3.56. The number of aldehydes is 1. The minimum atomic E-state index is -1.99. The molecule has 5 nitrogen and oxygen atoms in total. The summed E-state index contributed by atoms with van der Waals surface area (Å²) in [5.74, 6) is -2.48. The fourth-order valence-corrected chi connectivity index (χ4v) is 5.16. The van der Waals surface area contributed by atoms with Gasteiger partial charge in [0.05, 0.1) is 5.41 Å². The fraction of sp³-hybridized carbons (Fsp3) is 0.556. The molecule has 0 aromatic heterocycles. The fourth-order valence-electron chi connectivity index (χ4n) is 5.16. The number of rotatable bonds is 7. The zero-order chi connectivity index (χ0) is 24.6. The average Bonchev–Trinajstić information content (AvgIpc) is 2.68. The highest BCUT2D eigenvalue weighted by molar-refractivity contribution is 6.34. The Morgan fingerprint density at radius 2 is 1.62 bits per heavy atom. The zero-order valence-corrected chi connectivity index (χ0v) is 20.6. The smallest absolute Gasteiger partial charge is 0.184 e. The SMILES string of the molecule is CC(C)=CCC1=C(O)[C@]2(CC=C(C)C)C/C(=C/C=O)C(C)(C)[C@](C(=O)C(C)C)(C1=O)C2=O. The van der Waals surface area contributed by atoms with Gasteiger partial charge >= 0.3 is 0 Å². The first kappa shape index (κ1) is 25.7. The van der Waals surface area contributed by atoms with Crippen LogP contribution in [0.1, 0.15) is 74.7 Å². The van der Waals surface area contributed by atoms with Crippen molar-refractivity contribution in [2.75, 3.05) is 0 Å². The molecule has 2 aliphatic carbocycles. The number of aliphatic hydroxyl groups is 1. The van der Waals surface area contributed by atoms with Crippen LogP contribution in [0.25, 0.3) is 0 Å². The summed E-state index contributed by atoms with van der Waals surface area (Å²) in [6.45, 7) is 14.3. The van der Waals surface area contributed by atoms with Gasteiger partial charge in [-0.2, -0.15) is 0 Å². The number of fused-ring (bicyclic) bond motifs is 2. The van der Waals surface area contributed by atoms with E-state index < -0.39 is 39.5 Å². The number of hydrogen-bond acceptors (Lipinski definition) is 5. The minimum Gasteiger partial charge on any atom is -0.511 e. The molecule has 5 heteroatoms. The van der Waals surface area contributed by atoms with E-state index in [1.807, 2.05) is 39.8 Å². The Kier molecular flexibility index (Phi) is 7.04. The second-order valence-corrected chi connectivity index (χ2v) is 10.4. The van der Waals surface area contributed by atoms with E-state index in [9.17, 15) is 24.3 Å². The lowest BCUT2D eigenvalue weighted by Crippen LogP contribution is -2.68. The molecule has 32 heavy (non-hydrogen) atoms. The van der Waals surface area contributed by atoms with Gasteiger partial charge in [0.1, 0.15) is 12.0 Å². The molecule has 0 unspecified atom stereocenters. The summed E-state index contributed by atoms with van der Waals surface area (Å²) in [6.07, 6.45) is 6.05. The van der Waals surface area contributed by atoms with Crippen molar-refractivity contribution >= 4 is 23.6 Å². The molecule has 0 radical (unpaired) electrons. The number of aliphatic hydroxyl groups excluding tert-OH is 1. The van der Waals surface area contributed by atoms with Crippen molar-refractivity contribution in [3.63, 3.8) is 0 Å². The summed E-state index contributed by atoms with van der Waals surface area (Å²) in [7, 11) is 0. The quantitative estimate of drug-likeness (QED) is 0.247. The van der Waals surface area contributed by atoms with Crippen LogP contribution in [-0.4, -0.2) is 28.7 Å². The molecule has 2 bridgehead atoms. The Morgan fingerprint density at radius 1 is 1.06 bits per heavy atom. The third-order valence-corrected chi connectivity index (χ3v) is 7.10. The molecule has 0 spiro atoms. The van der Waals surface area contributed by atoms with Crippen molar-refractivity contribution in [1.29, 1.82) is 0 Å². The molecule has 0 aliphatic heterocycles. The Labute approximate surface area is 191 Å². The summed E-state index contributed by atoms with van der Waals surface area (Å²) >= 11 is 0. The van der Waals surface area contributed by atoms with Gasteiger partial charge in [-0.25, -0.2) is 0 Å². The molecule has 0 amide bonds. The summed E-state index contributed by atoms with van der Waals surface area (Å²) in [6, 6.07) is 0. The first-order chi connectivity index (χ1) is 14.7. The van der Waals surface area contributed by atoms with Crippen LogP contribution >= 0.6 is 0 Å². The van der Waals surface area contributed by atoms with Crippen molar-refractivity contribution in [2.24, 2.45) is 22.2 Å². The van der Waals surface area contributed by atoms with Crippen molar-refractivity contribution in [2.45, 2.75) is 74.7 Å². The minimum absolute atomic E-state index is 0.0892. The van der Waals surface area contributed by atoms with Gasteiger partial charge in [-0.15, -0.1) is 0 Å². The molecule has 2 aliphatic rings. The van der Waals surface area contributed by atoms with Crippen LogP contribution in [0.4, 0.5) is 0 Å². The summed E-state index contributed by atoms with van der Waals surface area (Å²) in [5.41, 5.74) is -2.07. The van der Waals surface area contributed by atoms with Crippen molar-refractivity contribution < 1.29 is 24.3 Å². The van der Waals surface area contributed by atoms with Crippen molar-refractivity contribution in [3.8, 4) is 0 Å². The van der Waals surface area contributed by atoms with Crippen LogP contribution in [0.3, 0.4) is 0 Å². The van der Waals surface area contributed by atoms with Crippen LogP contribution < -0.4 is 0 Å². The molecule has 1 saturated carbocycles. The van der Waals surface area contributed by atoms with E-state index in [0.29, 0.717) is 11.9 Å². The molecule has 174 valence electrons. The van der Waals surface area contributed by atoms with Gasteiger partial charge in [-0.1, -0.05) is 56.6 Å². The highest BCUT2D eigenvalue weighted by Crippen LogP contribution is 2.65. The molecule has 0 saturated heterocycles. The largest absolute Gasteiger partial charge is 0.511 e. The molecule has 0 aromatic rings. The number of Topliss-reactive ketones (excluding diaryl/α,β-unsaturated/α-hetero) is 3. The normalized spacial score (nSPS) is 28.1. The zero-order valence-electron chi connectivity index (χ0n) is 20.6. The number of carbonyl (C=O) groups is 4. The Hall–Kier alpha value is -2.56. The molecule has 1 N–H and O–H groups in total. The van der Waals surface area contributed by atoms with Crippen LogP contribution in [-0.2, 0) is 19.2 Å². The van der Waals surface area contributed by atoms with E-state index in [0.717, 1.165) is 11.1 Å². The molecule has 0 aromatic carbocycles. The number of hydrogen-bond donors (Lipinski definition) is 1. The third-order valence-electron chi connectivity index (χ3n) is 7.10. The highest BCUT2D eigenvalue weighted by atomic mass is 16.3. The van der Waals surface area contributed by atoms with Crippen LogP contribution in [0.5, 0.6) is 0 Å². The summed E-state index contributed by atoms with van der Waals surface area (Å²) < 4.78 is 0.